The van der Waals surface area contributed by atoms with Gasteiger partial charge in [-0.15, -0.1) is 0 Å². The van der Waals surface area contributed by atoms with E-state index in [0.29, 0.717) is 25.6 Å². The largest absolute Gasteiger partial charge is 0.377 e. The molecule has 0 radical (unpaired) electrons. The smallest absolute Gasteiger partial charge is 0.329 e. The lowest BCUT2D eigenvalue weighted by Crippen LogP contribution is -2.15. The fourth-order valence-corrected chi connectivity index (χ4v) is 1.35. The van der Waals surface area contributed by atoms with Crippen LogP contribution in [0.2, 0.25) is 0 Å². The van der Waals surface area contributed by atoms with Gasteiger partial charge in [-0.25, -0.2) is 4.98 Å². The molecule has 0 spiro atoms. The van der Waals surface area contributed by atoms with Crippen LogP contribution in [0.25, 0.3) is 0 Å². The van der Waals surface area contributed by atoms with Crippen LogP contribution in [0.3, 0.4) is 0 Å². The minimum Gasteiger partial charge on any atom is -0.377 e. The molecule has 1 aromatic heterocycles. The van der Waals surface area contributed by atoms with Crippen LogP contribution in [0.4, 0.5) is 17.5 Å². The Kier molecular flexibility index (Phi) is 5.94. The predicted molar refractivity (Wildman–Crippen MR) is 72.4 cm³/mol. The minimum atomic E-state index is -0.513. The first-order valence-electron chi connectivity index (χ1n) is 6.15. The van der Waals surface area contributed by atoms with Gasteiger partial charge in [-0.05, 0) is 20.8 Å². The van der Waals surface area contributed by atoms with Crippen LogP contribution in [0.5, 0.6) is 0 Å². The van der Waals surface area contributed by atoms with E-state index in [9.17, 15) is 10.1 Å². The lowest BCUT2D eigenvalue weighted by molar-refractivity contribution is -0.384. The van der Waals surface area contributed by atoms with Gasteiger partial charge in [0.15, 0.2) is 0 Å². The molecule has 1 aromatic rings. The first kappa shape index (κ1) is 15.1. The number of anilines is 2. The highest BCUT2D eigenvalue weighted by Gasteiger charge is 2.16. The molecule has 1 heterocycles. The maximum atomic E-state index is 10.9. The Morgan fingerprint density at radius 3 is 2.79 bits per heavy atom. The van der Waals surface area contributed by atoms with Gasteiger partial charge < -0.3 is 15.4 Å². The summed E-state index contributed by atoms with van der Waals surface area (Å²) in [5.74, 6) is 0.559. The summed E-state index contributed by atoms with van der Waals surface area (Å²) >= 11 is 0. The number of hydrogen-bond acceptors (Lipinski definition) is 7. The molecule has 19 heavy (non-hydrogen) atoms. The first-order chi connectivity index (χ1) is 9.04. The third kappa shape index (κ3) is 5.04. The van der Waals surface area contributed by atoms with Gasteiger partial charge in [0, 0.05) is 13.1 Å². The van der Waals surface area contributed by atoms with Crippen LogP contribution in [0.1, 0.15) is 20.8 Å². The van der Waals surface area contributed by atoms with Crippen LogP contribution < -0.4 is 10.6 Å². The molecule has 0 aliphatic heterocycles. The Morgan fingerprint density at radius 1 is 1.47 bits per heavy atom. The van der Waals surface area contributed by atoms with Crippen LogP contribution in [0.15, 0.2) is 6.20 Å². The number of rotatable bonds is 8. The zero-order chi connectivity index (χ0) is 14.3. The van der Waals surface area contributed by atoms with Crippen LogP contribution >= 0.6 is 0 Å². The first-order valence-corrected chi connectivity index (χ1v) is 6.15. The molecular weight excluding hydrogens is 250 g/mol. The van der Waals surface area contributed by atoms with Gasteiger partial charge in [0.05, 0.1) is 17.6 Å². The van der Waals surface area contributed by atoms with Gasteiger partial charge in [0.25, 0.3) is 0 Å². The van der Waals surface area contributed by atoms with Crippen LogP contribution in [-0.2, 0) is 4.74 Å². The molecule has 0 bridgehead atoms. The van der Waals surface area contributed by atoms with E-state index in [0.717, 1.165) is 0 Å². The summed E-state index contributed by atoms with van der Waals surface area (Å²) in [7, 11) is 0. The number of hydrogen-bond donors (Lipinski definition) is 2. The van der Waals surface area contributed by atoms with E-state index in [4.69, 9.17) is 4.74 Å². The zero-order valence-electron chi connectivity index (χ0n) is 11.3. The molecule has 106 valence electrons. The fraction of sp³-hybridized carbons (Fsp3) is 0.636. The van der Waals surface area contributed by atoms with E-state index in [-0.39, 0.29) is 17.6 Å². The van der Waals surface area contributed by atoms with Crippen molar-refractivity contribution in [1.82, 2.24) is 9.97 Å². The van der Waals surface area contributed by atoms with E-state index in [1.165, 1.54) is 6.20 Å². The van der Waals surface area contributed by atoms with Gasteiger partial charge in [-0.1, -0.05) is 0 Å². The molecular formula is C11H19N5O3. The lowest BCUT2D eigenvalue weighted by atomic mass is 10.4. The molecule has 0 unspecified atom stereocenters. The monoisotopic (exact) mass is 269 g/mol. The number of nitro groups is 1. The molecule has 8 heteroatoms. The van der Waals surface area contributed by atoms with Crippen molar-refractivity contribution in [1.29, 1.82) is 0 Å². The van der Waals surface area contributed by atoms with Crippen molar-refractivity contribution in [2.45, 2.75) is 26.9 Å². The van der Waals surface area contributed by atoms with Crippen molar-refractivity contribution in [2.75, 3.05) is 30.3 Å². The third-order valence-corrected chi connectivity index (χ3v) is 2.15. The summed E-state index contributed by atoms with van der Waals surface area (Å²) in [6.45, 7) is 7.30. The Labute approximate surface area is 111 Å². The second-order valence-corrected chi connectivity index (χ2v) is 4.06. The van der Waals surface area contributed by atoms with Gasteiger partial charge >= 0.3 is 5.69 Å². The molecule has 0 atom stereocenters. The molecule has 0 amide bonds. The van der Waals surface area contributed by atoms with Crippen molar-refractivity contribution in [3.8, 4) is 0 Å². The summed E-state index contributed by atoms with van der Waals surface area (Å²) in [6, 6.07) is 0. The number of aromatic nitrogens is 2. The predicted octanol–water partition coefficient (Wildman–Crippen LogP) is 1.65. The average molecular weight is 269 g/mol. The quantitative estimate of drug-likeness (QED) is 0.420. The van der Waals surface area contributed by atoms with Gasteiger partial charge in [-0.3, -0.25) is 10.1 Å². The summed E-state index contributed by atoms with van der Waals surface area (Å²) < 4.78 is 5.35. The minimum absolute atomic E-state index is 0.125. The Hall–Kier alpha value is -1.96. The van der Waals surface area contributed by atoms with Crippen molar-refractivity contribution in [3.05, 3.63) is 16.3 Å². The van der Waals surface area contributed by atoms with Crippen molar-refractivity contribution >= 4 is 17.5 Å². The highest BCUT2D eigenvalue weighted by Crippen LogP contribution is 2.21. The molecule has 0 fully saturated rings. The molecule has 0 saturated heterocycles. The summed E-state index contributed by atoms with van der Waals surface area (Å²) in [4.78, 5) is 18.3. The second kappa shape index (κ2) is 7.47. The van der Waals surface area contributed by atoms with E-state index in [2.05, 4.69) is 20.6 Å². The van der Waals surface area contributed by atoms with E-state index >= 15 is 0 Å². The van der Waals surface area contributed by atoms with E-state index < -0.39 is 4.92 Å². The number of ether oxygens (including phenoxy) is 1. The highest BCUT2D eigenvalue weighted by atomic mass is 16.6. The molecule has 1 rings (SSSR count). The van der Waals surface area contributed by atoms with Gasteiger partial charge in [0.2, 0.25) is 11.8 Å². The van der Waals surface area contributed by atoms with E-state index in [1.807, 2.05) is 20.8 Å². The molecule has 0 saturated carbocycles. The molecule has 0 aliphatic rings. The van der Waals surface area contributed by atoms with Gasteiger partial charge in [-0.2, -0.15) is 4.98 Å². The normalized spacial score (nSPS) is 10.5. The van der Waals surface area contributed by atoms with Crippen molar-refractivity contribution in [2.24, 2.45) is 0 Å². The number of nitrogens with zero attached hydrogens (tertiary/aromatic N) is 3. The maximum Gasteiger partial charge on any atom is 0.329 e. The van der Waals surface area contributed by atoms with E-state index in [1.54, 1.807) is 0 Å². The van der Waals surface area contributed by atoms with Gasteiger partial charge in [0.1, 0.15) is 6.20 Å². The number of nitrogens with one attached hydrogen (secondary N) is 2. The summed E-state index contributed by atoms with van der Waals surface area (Å²) in [5, 5.41) is 16.7. The molecule has 0 aromatic carbocycles. The van der Waals surface area contributed by atoms with Crippen molar-refractivity contribution < 1.29 is 9.66 Å². The van der Waals surface area contributed by atoms with Crippen LogP contribution in [0, 0.1) is 10.1 Å². The Balaban J connectivity index is 2.71. The summed E-state index contributed by atoms with van der Waals surface area (Å²) in [6.07, 6.45) is 1.32. The average Bonchev–Trinajstić information content (AvgIpc) is 2.34. The second-order valence-electron chi connectivity index (χ2n) is 4.06. The summed E-state index contributed by atoms with van der Waals surface area (Å²) in [5.41, 5.74) is -0.147. The SMILES string of the molecule is CCNc1ncc([N+](=O)[O-])c(NCCOC(C)C)n1. The topological polar surface area (TPSA) is 102 Å². The maximum absolute atomic E-state index is 10.9. The molecule has 2 N–H and O–H groups in total. The fourth-order valence-electron chi connectivity index (χ4n) is 1.35. The standard InChI is InChI=1S/C11H19N5O3/c1-4-12-11-14-7-9(16(17)18)10(15-11)13-5-6-19-8(2)3/h7-8H,4-6H2,1-3H3,(H2,12,13,14,15). The Morgan fingerprint density at radius 2 is 2.21 bits per heavy atom. The Bertz CT molecular complexity index is 425. The molecule has 8 nitrogen and oxygen atoms in total. The lowest BCUT2D eigenvalue weighted by Gasteiger charge is -2.10. The zero-order valence-corrected chi connectivity index (χ0v) is 11.3. The van der Waals surface area contributed by atoms with Crippen molar-refractivity contribution in [3.63, 3.8) is 0 Å². The molecule has 0 aliphatic carbocycles. The highest BCUT2D eigenvalue weighted by molar-refractivity contribution is 5.56. The third-order valence-electron chi connectivity index (χ3n) is 2.15. The van der Waals surface area contributed by atoms with Crippen LogP contribution in [-0.4, -0.2) is 40.7 Å².